The first-order valence-electron chi connectivity index (χ1n) is 4.85. The van der Waals surface area contributed by atoms with Crippen molar-refractivity contribution in [2.75, 3.05) is 0 Å². The Bertz CT molecular complexity index is 443. The molecule has 88 valence electrons. The minimum absolute atomic E-state index is 0.338. The molecular weight excluding hydrogens is 240 g/mol. The van der Waals surface area contributed by atoms with E-state index < -0.39 is 5.97 Å². The molecule has 0 fully saturated rings. The lowest BCUT2D eigenvalue weighted by atomic mass is 10.2. The van der Waals surface area contributed by atoms with Gasteiger partial charge in [-0.3, -0.25) is 4.89 Å². The summed E-state index contributed by atoms with van der Waals surface area (Å²) in [5, 5.41) is 8.73. The summed E-state index contributed by atoms with van der Waals surface area (Å²) in [5.74, 6) is -0.736. The van der Waals surface area contributed by atoms with Crippen molar-refractivity contribution in [1.29, 1.82) is 0 Å². The summed E-state index contributed by atoms with van der Waals surface area (Å²) in [6.45, 7) is 0. The molecule has 0 heterocycles. The Hall–Kier alpha value is -1.84. The third-order valence-electron chi connectivity index (χ3n) is 1.83. The molecule has 4 heteroatoms. The molecule has 3 nitrogen and oxygen atoms in total. The van der Waals surface area contributed by atoms with Gasteiger partial charge in [0.15, 0.2) is 0 Å². The van der Waals surface area contributed by atoms with E-state index in [0.29, 0.717) is 5.56 Å². The van der Waals surface area contributed by atoms with E-state index in [9.17, 15) is 4.79 Å². The lowest BCUT2D eigenvalue weighted by Gasteiger charge is -1.92. The maximum atomic E-state index is 10.5. The number of carbonyl (C=O) groups is 1. The molecule has 0 saturated carbocycles. The number of rotatable bonds is 1. The SMILES string of the molecule is Clc1ccccc1.O=C(OO)c1ccccc1. The van der Waals surface area contributed by atoms with Gasteiger partial charge in [0.25, 0.3) is 0 Å². The molecule has 0 atom stereocenters. The fourth-order valence-electron chi connectivity index (χ4n) is 1.04. The van der Waals surface area contributed by atoms with Gasteiger partial charge in [0.05, 0.1) is 5.56 Å². The zero-order valence-corrected chi connectivity index (χ0v) is 9.67. The van der Waals surface area contributed by atoms with Gasteiger partial charge in [0.1, 0.15) is 0 Å². The van der Waals surface area contributed by atoms with Gasteiger partial charge in [-0.1, -0.05) is 48.0 Å². The zero-order chi connectivity index (χ0) is 12.5. The van der Waals surface area contributed by atoms with E-state index >= 15 is 0 Å². The summed E-state index contributed by atoms with van der Waals surface area (Å²) in [7, 11) is 0. The number of hydrogen-bond acceptors (Lipinski definition) is 3. The molecule has 0 aliphatic heterocycles. The molecule has 2 aromatic carbocycles. The second-order valence-corrected chi connectivity index (χ2v) is 3.48. The molecule has 0 unspecified atom stereocenters. The molecule has 0 aliphatic rings. The van der Waals surface area contributed by atoms with E-state index in [1.807, 2.05) is 30.3 Å². The number of halogens is 1. The van der Waals surface area contributed by atoms with Crippen molar-refractivity contribution < 1.29 is 14.9 Å². The third kappa shape index (κ3) is 5.15. The maximum absolute atomic E-state index is 10.5. The predicted molar refractivity (Wildman–Crippen MR) is 65.9 cm³/mol. The van der Waals surface area contributed by atoms with Crippen LogP contribution in [0.4, 0.5) is 0 Å². The Morgan fingerprint density at radius 3 is 1.76 bits per heavy atom. The molecule has 2 rings (SSSR count). The lowest BCUT2D eigenvalue weighted by Crippen LogP contribution is -2.00. The molecule has 1 N–H and O–H groups in total. The minimum atomic E-state index is -0.736. The largest absolute Gasteiger partial charge is 0.372 e. The van der Waals surface area contributed by atoms with Crippen molar-refractivity contribution in [3.05, 3.63) is 71.2 Å². The van der Waals surface area contributed by atoms with Crippen molar-refractivity contribution in [3.8, 4) is 0 Å². The number of hydrogen-bond donors (Lipinski definition) is 1. The van der Waals surface area contributed by atoms with Gasteiger partial charge in [-0.2, -0.15) is 5.26 Å². The molecule has 0 bridgehead atoms. The Balaban J connectivity index is 0.000000181. The maximum Gasteiger partial charge on any atom is 0.372 e. The van der Waals surface area contributed by atoms with Crippen LogP contribution in [0.15, 0.2) is 60.7 Å². The quantitative estimate of drug-likeness (QED) is 0.621. The van der Waals surface area contributed by atoms with Crippen LogP contribution in [-0.4, -0.2) is 11.2 Å². The summed E-state index contributed by atoms with van der Waals surface area (Å²) < 4.78 is 0. The molecule has 17 heavy (non-hydrogen) atoms. The highest BCUT2D eigenvalue weighted by molar-refractivity contribution is 6.30. The molecule has 0 saturated heterocycles. The number of benzene rings is 2. The van der Waals surface area contributed by atoms with Crippen LogP contribution in [0.2, 0.25) is 5.02 Å². The first-order chi connectivity index (χ1) is 8.24. The van der Waals surface area contributed by atoms with Gasteiger partial charge >= 0.3 is 5.97 Å². The van der Waals surface area contributed by atoms with Crippen LogP contribution in [0, 0.1) is 0 Å². The fraction of sp³-hybridized carbons (Fsp3) is 0. The minimum Gasteiger partial charge on any atom is -0.296 e. The molecule has 0 aliphatic carbocycles. The average Bonchev–Trinajstić information content (AvgIpc) is 2.40. The van der Waals surface area contributed by atoms with Crippen LogP contribution in [0.5, 0.6) is 0 Å². The van der Waals surface area contributed by atoms with E-state index in [1.165, 1.54) is 0 Å². The van der Waals surface area contributed by atoms with Crippen LogP contribution in [0.3, 0.4) is 0 Å². The third-order valence-corrected chi connectivity index (χ3v) is 2.08. The van der Waals surface area contributed by atoms with Crippen LogP contribution in [0.25, 0.3) is 0 Å². The van der Waals surface area contributed by atoms with Crippen LogP contribution in [0.1, 0.15) is 10.4 Å². The summed E-state index contributed by atoms with van der Waals surface area (Å²) in [6, 6.07) is 17.7. The van der Waals surface area contributed by atoms with Gasteiger partial charge in [-0.15, -0.1) is 0 Å². The molecule has 0 aromatic heterocycles. The van der Waals surface area contributed by atoms with Gasteiger partial charge in [-0.25, -0.2) is 4.79 Å². The highest BCUT2D eigenvalue weighted by Crippen LogP contribution is 2.03. The van der Waals surface area contributed by atoms with Crippen molar-refractivity contribution in [3.63, 3.8) is 0 Å². The first-order valence-corrected chi connectivity index (χ1v) is 5.23. The Morgan fingerprint density at radius 1 is 0.941 bits per heavy atom. The molecule has 0 spiro atoms. The van der Waals surface area contributed by atoms with Gasteiger partial charge in [-0.05, 0) is 24.3 Å². The van der Waals surface area contributed by atoms with Gasteiger partial charge < -0.3 is 0 Å². The van der Waals surface area contributed by atoms with Crippen molar-refractivity contribution >= 4 is 17.6 Å². The molecule has 2 aromatic rings. The zero-order valence-electron chi connectivity index (χ0n) is 8.92. The topological polar surface area (TPSA) is 46.5 Å². The monoisotopic (exact) mass is 250 g/mol. The van der Waals surface area contributed by atoms with E-state index in [2.05, 4.69) is 4.89 Å². The second kappa shape index (κ2) is 7.44. The Morgan fingerprint density at radius 2 is 1.41 bits per heavy atom. The van der Waals surface area contributed by atoms with E-state index in [1.54, 1.807) is 30.3 Å². The first kappa shape index (κ1) is 13.2. The van der Waals surface area contributed by atoms with E-state index in [0.717, 1.165) is 5.02 Å². The molecular formula is C13H11ClO3. The predicted octanol–water partition coefficient (Wildman–Crippen LogP) is 3.66. The summed E-state index contributed by atoms with van der Waals surface area (Å²) in [6.07, 6.45) is 0. The summed E-state index contributed by atoms with van der Waals surface area (Å²) >= 11 is 5.54. The normalized spacial score (nSPS) is 8.82. The Kier molecular flexibility index (Phi) is 5.79. The van der Waals surface area contributed by atoms with E-state index in [-0.39, 0.29) is 0 Å². The highest BCUT2D eigenvalue weighted by Gasteiger charge is 2.02. The molecule has 0 amide bonds. The fourth-order valence-corrected chi connectivity index (χ4v) is 1.19. The van der Waals surface area contributed by atoms with Crippen molar-refractivity contribution in [2.24, 2.45) is 0 Å². The summed E-state index contributed by atoms with van der Waals surface area (Å²) in [5.41, 5.74) is 0.338. The van der Waals surface area contributed by atoms with Crippen molar-refractivity contribution in [1.82, 2.24) is 0 Å². The molecule has 0 radical (unpaired) electrons. The van der Waals surface area contributed by atoms with E-state index in [4.69, 9.17) is 16.9 Å². The summed E-state index contributed by atoms with van der Waals surface area (Å²) in [4.78, 5) is 14.0. The standard InChI is InChI=1S/C7H6O3.C6H5Cl/c8-7(10-9)6-4-2-1-3-5-6;7-6-4-2-1-3-5-6/h1-5,9H;1-5H. The van der Waals surface area contributed by atoms with Crippen molar-refractivity contribution in [2.45, 2.75) is 0 Å². The van der Waals surface area contributed by atoms with Gasteiger partial charge in [0.2, 0.25) is 0 Å². The highest BCUT2D eigenvalue weighted by atomic mass is 35.5. The average molecular weight is 251 g/mol. The van der Waals surface area contributed by atoms with Gasteiger partial charge in [0, 0.05) is 5.02 Å². The van der Waals surface area contributed by atoms with Crippen LogP contribution < -0.4 is 0 Å². The van der Waals surface area contributed by atoms with Crippen LogP contribution >= 0.6 is 11.6 Å². The van der Waals surface area contributed by atoms with Crippen LogP contribution in [-0.2, 0) is 4.89 Å². The lowest BCUT2D eigenvalue weighted by molar-refractivity contribution is -0.182. The second-order valence-electron chi connectivity index (χ2n) is 3.04. The number of carbonyl (C=O) groups excluding carboxylic acids is 1. The smallest absolute Gasteiger partial charge is 0.296 e. The Labute approximate surface area is 104 Å².